The number of sulfonamides is 1. The van der Waals surface area contributed by atoms with Crippen LogP contribution in [0.2, 0.25) is 0 Å². The van der Waals surface area contributed by atoms with Crippen LogP contribution in [-0.4, -0.2) is 35.8 Å². The zero-order valence-corrected chi connectivity index (χ0v) is 11.0. The summed E-state index contributed by atoms with van der Waals surface area (Å²) in [7, 11) is -3.44. The summed E-state index contributed by atoms with van der Waals surface area (Å²) < 4.78 is 26.4. The van der Waals surface area contributed by atoms with Crippen molar-refractivity contribution in [1.29, 1.82) is 0 Å². The van der Waals surface area contributed by atoms with Crippen molar-refractivity contribution in [1.82, 2.24) is 9.29 Å². The second kappa shape index (κ2) is 4.12. The number of H-pyrrole nitrogens is 1. The molecule has 0 bridgehead atoms. The van der Waals surface area contributed by atoms with E-state index in [-0.39, 0.29) is 11.6 Å². The maximum absolute atomic E-state index is 12.5. The quantitative estimate of drug-likeness (QED) is 0.826. The molecule has 1 unspecified atom stereocenters. The summed E-state index contributed by atoms with van der Waals surface area (Å²) in [6, 6.07) is 1.50. The minimum absolute atomic E-state index is 0.0725. The number of nitrogens with zero attached hydrogens (tertiary/aromatic N) is 1. The molecular formula is C11H19N3O2S. The van der Waals surface area contributed by atoms with E-state index < -0.39 is 10.0 Å². The number of hydrogen-bond donors (Lipinski definition) is 2. The fraction of sp³-hybridized carbons (Fsp3) is 0.636. The Morgan fingerprint density at radius 2 is 2.24 bits per heavy atom. The second-order valence-electron chi connectivity index (χ2n) is 5.19. The summed E-state index contributed by atoms with van der Waals surface area (Å²) >= 11 is 0. The van der Waals surface area contributed by atoms with Crippen molar-refractivity contribution in [2.45, 2.75) is 43.2 Å². The van der Waals surface area contributed by atoms with Gasteiger partial charge in [0.1, 0.15) is 0 Å². The monoisotopic (exact) mass is 257 g/mol. The molecule has 0 spiro atoms. The molecule has 5 nitrogen and oxygen atoms in total. The van der Waals surface area contributed by atoms with Crippen molar-refractivity contribution in [3.05, 3.63) is 18.5 Å². The van der Waals surface area contributed by atoms with Crippen LogP contribution in [0.4, 0.5) is 0 Å². The van der Waals surface area contributed by atoms with Gasteiger partial charge in [0.05, 0.1) is 4.90 Å². The zero-order valence-electron chi connectivity index (χ0n) is 10.2. The van der Waals surface area contributed by atoms with Gasteiger partial charge in [-0.3, -0.25) is 0 Å². The van der Waals surface area contributed by atoms with Crippen LogP contribution in [0.25, 0.3) is 0 Å². The van der Waals surface area contributed by atoms with Crippen LogP contribution in [0.15, 0.2) is 23.4 Å². The number of hydrogen-bond acceptors (Lipinski definition) is 3. The molecular weight excluding hydrogens is 238 g/mol. The number of nitrogens with two attached hydrogens (primary N) is 1. The summed E-state index contributed by atoms with van der Waals surface area (Å²) in [4.78, 5) is 3.08. The average Bonchev–Trinajstić information content (AvgIpc) is 2.75. The van der Waals surface area contributed by atoms with E-state index in [2.05, 4.69) is 4.98 Å². The predicted molar refractivity (Wildman–Crippen MR) is 66.0 cm³/mol. The summed E-state index contributed by atoms with van der Waals surface area (Å²) in [5.41, 5.74) is 5.51. The van der Waals surface area contributed by atoms with E-state index in [1.165, 1.54) is 10.5 Å². The molecule has 1 atom stereocenters. The lowest BCUT2D eigenvalue weighted by atomic mass is 9.91. The molecule has 2 heterocycles. The molecule has 1 aromatic heterocycles. The third kappa shape index (κ3) is 2.25. The highest BCUT2D eigenvalue weighted by molar-refractivity contribution is 7.89. The van der Waals surface area contributed by atoms with Crippen molar-refractivity contribution in [3.63, 3.8) is 0 Å². The van der Waals surface area contributed by atoms with E-state index in [1.807, 2.05) is 13.8 Å². The fourth-order valence-electron chi connectivity index (χ4n) is 2.23. The van der Waals surface area contributed by atoms with E-state index >= 15 is 0 Å². The third-order valence-electron chi connectivity index (χ3n) is 3.36. The molecule has 1 aromatic rings. The molecule has 3 N–H and O–H groups in total. The van der Waals surface area contributed by atoms with Gasteiger partial charge in [-0.25, -0.2) is 8.42 Å². The molecule has 0 amide bonds. The molecule has 17 heavy (non-hydrogen) atoms. The maximum atomic E-state index is 12.5. The lowest BCUT2D eigenvalue weighted by Crippen LogP contribution is -2.56. The maximum Gasteiger partial charge on any atom is 0.245 e. The molecule has 0 radical (unpaired) electrons. The largest absolute Gasteiger partial charge is 0.366 e. The van der Waals surface area contributed by atoms with E-state index in [4.69, 9.17) is 5.73 Å². The minimum Gasteiger partial charge on any atom is -0.366 e. The highest BCUT2D eigenvalue weighted by atomic mass is 32.2. The van der Waals surface area contributed by atoms with Crippen LogP contribution in [0.1, 0.15) is 26.7 Å². The number of piperidine rings is 1. The van der Waals surface area contributed by atoms with Gasteiger partial charge in [-0.15, -0.1) is 0 Å². The van der Waals surface area contributed by atoms with Gasteiger partial charge >= 0.3 is 0 Å². The Labute approximate surface area is 102 Å². The van der Waals surface area contributed by atoms with Crippen LogP contribution >= 0.6 is 0 Å². The Balaban J connectivity index is 2.38. The topological polar surface area (TPSA) is 79.2 Å². The van der Waals surface area contributed by atoms with Crippen molar-refractivity contribution < 1.29 is 8.42 Å². The Morgan fingerprint density at radius 1 is 1.53 bits per heavy atom. The van der Waals surface area contributed by atoms with Gasteiger partial charge in [0.25, 0.3) is 0 Å². The van der Waals surface area contributed by atoms with E-state index in [0.29, 0.717) is 11.4 Å². The molecule has 1 aliphatic heterocycles. The minimum atomic E-state index is -3.44. The van der Waals surface area contributed by atoms with Crippen molar-refractivity contribution in [2.24, 2.45) is 5.73 Å². The lowest BCUT2D eigenvalue weighted by Gasteiger charge is -2.43. The first kappa shape index (κ1) is 12.6. The van der Waals surface area contributed by atoms with E-state index in [9.17, 15) is 8.42 Å². The smallest absolute Gasteiger partial charge is 0.245 e. The van der Waals surface area contributed by atoms with E-state index in [0.717, 1.165) is 12.8 Å². The third-order valence-corrected chi connectivity index (χ3v) is 5.43. The first-order chi connectivity index (χ1) is 7.84. The summed E-state index contributed by atoms with van der Waals surface area (Å²) in [5, 5.41) is 0. The molecule has 2 rings (SSSR count). The van der Waals surface area contributed by atoms with Gasteiger partial charge in [-0.2, -0.15) is 4.31 Å². The molecule has 1 saturated heterocycles. The molecule has 0 aliphatic carbocycles. The lowest BCUT2D eigenvalue weighted by molar-refractivity contribution is 0.155. The van der Waals surface area contributed by atoms with Gasteiger partial charge in [-0.05, 0) is 32.8 Å². The number of rotatable bonds is 2. The van der Waals surface area contributed by atoms with Crippen LogP contribution in [0.3, 0.4) is 0 Å². The van der Waals surface area contributed by atoms with Gasteiger partial charge in [0.15, 0.2) is 0 Å². The Bertz CT molecular complexity index is 479. The SMILES string of the molecule is CC1(C)CCC(N)CN1S(=O)(=O)c1cc[nH]c1. The standard InChI is InChI=1S/C11H19N3O2S/c1-11(2)5-3-9(12)8-14(11)17(15,16)10-4-6-13-7-10/h4,6-7,9,13H,3,5,8,12H2,1-2H3. The van der Waals surface area contributed by atoms with Crippen LogP contribution in [-0.2, 0) is 10.0 Å². The van der Waals surface area contributed by atoms with Crippen molar-refractivity contribution >= 4 is 10.0 Å². The average molecular weight is 257 g/mol. The Kier molecular flexibility index (Phi) is 3.05. The Morgan fingerprint density at radius 3 is 2.82 bits per heavy atom. The molecule has 1 aliphatic rings. The van der Waals surface area contributed by atoms with Crippen molar-refractivity contribution in [3.8, 4) is 0 Å². The van der Waals surface area contributed by atoms with E-state index in [1.54, 1.807) is 12.3 Å². The molecule has 6 heteroatoms. The highest BCUT2D eigenvalue weighted by Crippen LogP contribution is 2.32. The van der Waals surface area contributed by atoms with Crippen LogP contribution < -0.4 is 5.73 Å². The van der Waals surface area contributed by atoms with Gasteiger partial charge in [-0.1, -0.05) is 0 Å². The molecule has 1 fully saturated rings. The van der Waals surface area contributed by atoms with Crippen LogP contribution in [0, 0.1) is 0 Å². The molecule has 0 aromatic carbocycles. The van der Waals surface area contributed by atoms with Gasteiger partial charge in [0.2, 0.25) is 10.0 Å². The Hall–Kier alpha value is -0.850. The number of aromatic nitrogens is 1. The number of aromatic amines is 1. The molecule has 96 valence electrons. The number of nitrogens with one attached hydrogen (secondary N) is 1. The van der Waals surface area contributed by atoms with Gasteiger partial charge < -0.3 is 10.7 Å². The second-order valence-corrected chi connectivity index (χ2v) is 7.06. The normalized spacial score (nSPS) is 25.9. The highest BCUT2D eigenvalue weighted by Gasteiger charge is 2.41. The summed E-state index contributed by atoms with van der Waals surface area (Å²) in [6.45, 7) is 4.28. The van der Waals surface area contributed by atoms with Crippen molar-refractivity contribution in [2.75, 3.05) is 6.54 Å². The van der Waals surface area contributed by atoms with Gasteiger partial charge in [0, 0.05) is 30.5 Å². The summed E-state index contributed by atoms with van der Waals surface area (Å²) in [6.07, 6.45) is 4.78. The summed E-state index contributed by atoms with van der Waals surface area (Å²) in [5.74, 6) is 0. The molecule has 0 saturated carbocycles. The zero-order chi connectivity index (χ0) is 12.7. The predicted octanol–water partition coefficient (Wildman–Crippen LogP) is 0.905. The first-order valence-electron chi connectivity index (χ1n) is 5.75. The fourth-order valence-corrected chi connectivity index (χ4v) is 4.08. The first-order valence-corrected chi connectivity index (χ1v) is 7.19. The van der Waals surface area contributed by atoms with Crippen LogP contribution in [0.5, 0.6) is 0 Å².